The van der Waals surface area contributed by atoms with Gasteiger partial charge in [0.1, 0.15) is 0 Å². The number of allylic oxidation sites excluding steroid dienone is 1. The Morgan fingerprint density at radius 2 is 1.94 bits per heavy atom. The third kappa shape index (κ3) is 4.51. The summed E-state index contributed by atoms with van der Waals surface area (Å²) in [6, 6.07) is 9.14. The average molecular weight is 232 g/mol. The highest BCUT2D eigenvalue weighted by molar-refractivity contribution is 5.96. The lowest BCUT2D eigenvalue weighted by Crippen LogP contribution is -2.33. The first-order valence-electron chi connectivity index (χ1n) is 5.36. The van der Waals surface area contributed by atoms with Gasteiger partial charge in [-0.3, -0.25) is 9.59 Å². The summed E-state index contributed by atoms with van der Waals surface area (Å²) in [5.41, 5.74) is 0.726. The van der Waals surface area contributed by atoms with Crippen molar-refractivity contribution in [2.24, 2.45) is 0 Å². The number of hydrogen-bond acceptors (Lipinski definition) is 2. The van der Waals surface area contributed by atoms with Gasteiger partial charge >= 0.3 is 0 Å². The highest BCUT2D eigenvalue weighted by Crippen LogP contribution is 2.04. The molecule has 0 aliphatic carbocycles. The van der Waals surface area contributed by atoms with Crippen LogP contribution in [-0.4, -0.2) is 30.3 Å². The molecule has 0 atom stereocenters. The molecule has 0 spiro atoms. The van der Waals surface area contributed by atoms with Gasteiger partial charge in [0.05, 0.1) is 6.54 Å². The lowest BCUT2D eigenvalue weighted by atomic mass is 10.3. The fourth-order valence-electron chi connectivity index (χ4n) is 1.29. The van der Waals surface area contributed by atoms with Crippen molar-refractivity contribution < 1.29 is 9.59 Å². The summed E-state index contributed by atoms with van der Waals surface area (Å²) in [6.45, 7) is 1.80. The molecule has 1 N–H and O–H groups in total. The normalized spacial score (nSPS) is 10.2. The lowest BCUT2D eigenvalue weighted by molar-refractivity contribution is -0.129. The first-order chi connectivity index (χ1) is 8.13. The van der Waals surface area contributed by atoms with E-state index in [4.69, 9.17) is 0 Å². The molecule has 0 saturated heterocycles. The Balaban J connectivity index is 2.47. The Hall–Kier alpha value is -2.10. The summed E-state index contributed by atoms with van der Waals surface area (Å²) < 4.78 is 0. The van der Waals surface area contributed by atoms with Gasteiger partial charge in [-0.25, -0.2) is 0 Å². The maximum atomic E-state index is 11.6. The fourth-order valence-corrected chi connectivity index (χ4v) is 1.29. The fraction of sp³-hybridized carbons (Fsp3) is 0.231. The summed E-state index contributed by atoms with van der Waals surface area (Å²) in [6.07, 6.45) is 3.07. The van der Waals surface area contributed by atoms with E-state index in [0.717, 1.165) is 5.69 Å². The van der Waals surface area contributed by atoms with E-state index in [-0.39, 0.29) is 18.4 Å². The molecule has 0 saturated carbocycles. The van der Waals surface area contributed by atoms with Crippen LogP contribution in [0.25, 0.3) is 0 Å². The zero-order chi connectivity index (χ0) is 12.7. The minimum absolute atomic E-state index is 0.0397. The van der Waals surface area contributed by atoms with Crippen LogP contribution in [0, 0.1) is 0 Å². The van der Waals surface area contributed by atoms with Crippen LogP contribution in [0.2, 0.25) is 0 Å². The molecule has 0 aliphatic heterocycles. The molecule has 0 unspecified atom stereocenters. The van der Waals surface area contributed by atoms with Crippen molar-refractivity contribution in [1.29, 1.82) is 0 Å². The van der Waals surface area contributed by atoms with Gasteiger partial charge in [0.25, 0.3) is 0 Å². The maximum absolute atomic E-state index is 11.6. The van der Waals surface area contributed by atoms with E-state index in [1.807, 2.05) is 18.2 Å². The Labute approximate surface area is 101 Å². The van der Waals surface area contributed by atoms with Crippen LogP contribution >= 0.6 is 0 Å². The second kappa shape index (κ2) is 6.48. The van der Waals surface area contributed by atoms with Gasteiger partial charge in [-0.15, -0.1) is 0 Å². The van der Waals surface area contributed by atoms with Crippen LogP contribution in [0.3, 0.4) is 0 Å². The zero-order valence-corrected chi connectivity index (χ0v) is 10.0. The Morgan fingerprint density at radius 1 is 1.29 bits per heavy atom. The van der Waals surface area contributed by atoms with E-state index in [2.05, 4.69) is 5.32 Å². The number of nitrogens with zero attached hydrogens (tertiary/aromatic N) is 1. The van der Waals surface area contributed by atoms with Gasteiger partial charge in [-0.2, -0.15) is 0 Å². The van der Waals surface area contributed by atoms with Crippen molar-refractivity contribution in [2.75, 3.05) is 18.9 Å². The van der Waals surface area contributed by atoms with E-state index < -0.39 is 0 Å². The Morgan fingerprint density at radius 3 is 2.53 bits per heavy atom. The highest BCUT2D eigenvalue weighted by Gasteiger charge is 2.09. The van der Waals surface area contributed by atoms with Gasteiger partial charge in [0.15, 0.2) is 0 Å². The van der Waals surface area contributed by atoms with E-state index in [9.17, 15) is 9.59 Å². The molecular formula is C13H16N2O2. The number of hydrogen-bond donors (Lipinski definition) is 1. The molecular weight excluding hydrogens is 216 g/mol. The number of likely N-dealkylation sites (N-methyl/N-ethyl adjacent to an activating group) is 1. The first-order valence-corrected chi connectivity index (χ1v) is 5.36. The number of anilines is 1. The number of carbonyl (C=O) groups excluding carboxylic acids is 2. The van der Waals surface area contributed by atoms with Gasteiger partial charge in [0.2, 0.25) is 11.8 Å². The molecule has 0 aliphatic rings. The number of amides is 2. The van der Waals surface area contributed by atoms with E-state index in [0.29, 0.717) is 0 Å². The summed E-state index contributed by atoms with van der Waals surface area (Å²) >= 11 is 0. The monoisotopic (exact) mass is 232 g/mol. The predicted octanol–water partition coefficient (Wildman–Crippen LogP) is 1.66. The summed E-state index contributed by atoms with van der Waals surface area (Å²) in [7, 11) is 1.59. The van der Waals surface area contributed by atoms with Crippen LogP contribution in [0.1, 0.15) is 6.92 Å². The van der Waals surface area contributed by atoms with E-state index >= 15 is 0 Å². The number of rotatable bonds is 4. The smallest absolute Gasteiger partial charge is 0.246 e. The van der Waals surface area contributed by atoms with Crippen molar-refractivity contribution in [3.05, 3.63) is 42.5 Å². The molecule has 90 valence electrons. The van der Waals surface area contributed by atoms with Crippen LogP contribution < -0.4 is 5.32 Å². The van der Waals surface area contributed by atoms with Crippen molar-refractivity contribution >= 4 is 17.5 Å². The summed E-state index contributed by atoms with van der Waals surface area (Å²) in [5, 5.41) is 2.71. The Kier molecular flexibility index (Phi) is 4.94. The van der Waals surface area contributed by atoms with Gasteiger partial charge in [-0.05, 0) is 25.1 Å². The maximum Gasteiger partial charge on any atom is 0.246 e. The number of nitrogens with one attached hydrogen (secondary N) is 1. The second-order valence-corrected chi connectivity index (χ2v) is 3.61. The van der Waals surface area contributed by atoms with E-state index in [1.54, 1.807) is 32.2 Å². The average Bonchev–Trinajstić information content (AvgIpc) is 2.30. The molecule has 0 bridgehead atoms. The lowest BCUT2D eigenvalue weighted by Gasteiger charge is -2.14. The second-order valence-electron chi connectivity index (χ2n) is 3.61. The summed E-state index contributed by atoms with van der Waals surface area (Å²) in [5.74, 6) is -0.396. The first kappa shape index (κ1) is 13.0. The third-order valence-corrected chi connectivity index (χ3v) is 2.12. The number of benzene rings is 1. The topological polar surface area (TPSA) is 49.4 Å². The standard InChI is InChI=1S/C13H16N2O2/c1-3-7-13(17)15(2)10-12(16)14-11-8-5-4-6-9-11/h3-9H,10H2,1-2H3,(H,14,16). The molecule has 1 rings (SSSR count). The van der Waals surface area contributed by atoms with Gasteiger partial charge in [0, 0.05) is 12.7 Å². The zero-order valence-electron chi connectivity index (χ0n) is 10.0. The molecule has 4 nitrogen and oxygen atoms in total. The summed E-state index contributed by atoms with van der Waals surface area (Å²) in [4.78, 5) is 24.4. The van der Waals surface area contributed by atoms with Gasteiger partial charge in [-0.1, -0.05) is 24.3 Å². The molecule has 4 heteroatoms. The SMILES string of the molecule is CC=CC(=O)N(C)CC(=O)Nc1ccccc1. The molecule has 0 aromatic heterocycles. The molecule has 2 amide bonds. The van der Waals surface area contributed by atoms with Crippen molar-refractivity contribution in [2.45, 2.75) is 6.92 Å². The van der Waals surface area contributed by atoms with Gasteiger partial charge < -0.3 is 10.2 Å². The van der Waals surface area contributed by atoms with E-state index in [1.165, 1.54) is 11.0 Å². The van der Waals surface area contributed by atoms with Crippen LogP contribution in [0.4, 0.5) is 5.69 Å². The molecule has 1 aromatic carbocycles. The highest BCUT2D eigenvalue weighted by atomic mass is 16.2. The molecule has 0 heterocycles. The Bertz CT molecular complexity index is 413. The van der Waals surface area contributed by atoms with Crippen molar-refractivity contribution in [3.63, 3.8) is 0 Å². The van der Waals surface area contributed by atoms with Crippen LogP contribution in [0.15, 0.2) is 42.5 Å². The molecule has 17 heavy (non-hydrogen) atoms. The quantitative estimate of drug-likeness (QED) is 0.803. The van der Waals surface area contributed by atoms with Crippen molar-refractivity contribution in [1.82, 2.24) is 4.90 Å². The largest absolute Gasteiger partial charge is 0.333 e. The number of carbonyl (C=O) groups is 2. The number of para-hydroxylation sites is 1. The third-order valence-electron chi connectivity index (χ3n) is 2.12. The molecule has 0 fully saturated rings. The molecule has 1 aromatic rings. The van der Waals surface area contributed by atoms with Crippen LogP contribution in [0.5, 0.6) is 0 Å². The predicted molar refractivity (Wildman–Crippen MR) is 67.5 cm³/mol. The van der Waals surface area contributed by atoms with Crippen molar-refractivity contribution in [3.8, 4) is 0 Å². The van der Waals surface area contributed by atoms with Crippen LogP contribution in [-0.2, 0) is 9.59 Å². The molecule has 0 radical (unpaired) electrons. The minimum atomic E-state index is -0.212. The minimum Gasteiger partial charge on any atom is -0.333 e.